The SMILES string of the molecule is Cn1nc(-c2c[nH]c3c(F)cccc23)cc1N. The molecule has 2 aromatic heterocycles. The number of halogens is 1. The highest BCUT2D eigenvalue weighted by atomic mass is 19.1. The van der Waals surface area contributed by atoms with Crippen LogP contribution < -0.4 is 5.73 Å². The molecule has 4 nitrogen and oxygen atoms in total. The zero-order valence-corrected chi connectivity index (χ0v) is 9.24. The average molecular weight is 230 g/mol. The Balaban J connectivity index is 2.28. The molecule has 0 fully saturated rings. The number of H-pyrrole nitrogens is 1. The van der Waals surface area contributed by atoms with Gasteiger partial charge in [-0.3, -0.25) is 4.68 Å². The molecule has 2 heterocycles. The van der Waals surface area contributed by atoms with E-state index in [2.05, 4.69) is 10.1 Å². The highest BCUT2D eigenvalue weighted by Gasteiger charge is 2.12. The lowest BCUT2D eigenvalue weighted by Gasteiger charge is -1.94. The van der Waals surface area contributed by atoms with Crippen LogP contribution in [0.2, 0.25) is 0 Å². The number of fused-ring (bicyclic) bond motifs is 1. The van der Waals surface area contributed by atoms with Gasteiger partial charge in [-0.2, -0.15) is 5.10 Å². The third-order valence-electron chi connectivity index (χ3n) is 2.86. The topological polar surface area (TPSA) is 59.6 Å². The fourth-order valence-corrected chi connectivity index (χ4v) is 1.94. The molecule has 0 unspecified atom stereocenters. The second-order valence-corrected chi connectivity index (χ2v) is 3.94. The van der Waals surface area contributed by atoms with Crippen molar-refractivity contribution in [2.24, 2.45) is 7.05 Å². The lowest BCUT2D eigenvalue weighted by molar-refractivity contribution is 0.637. The van der Waals surface area contributed by atoms with E-state index in [0.29, 0.717) is 11.3 Å². The summed E-state index contributed by atoms with van der Waals surface area (Å²) >= 11 is 0. The molecule has 0 radical (unpaired) electrons. The van der Waals surface area contributed by atoms with Crippen molar-refractivity contribution in [1.29, 1.82) is 0 Å². The Hall–Kier alpha value is -2.30. The van der Waals surface area contributed by atoms with E-state index in [-0.39, 0.29) is 5.82 Å². The third-order valence-corrected chi connectivity index (χ3v) is 2.86. The number of nitrogens with two attached hydrogens (primary N) is 1. The first-order valence-corrected chi connectivity index (χ1v) is 5.22. The van der Waals surface area contributed by atoms with Crippen LogP contribution in [0, 0.1) is 5.82 Å². The minimum atomic E-state index is -0.266. The van der Waals surface area contributed by atoms with Crippen molar-refractivity contribution in [1.82, 2.24) is 14.8 Å². The molecule has 0 amide bonds. The first-order valence-electron chi connectivity index (χ1n) is 5.22. The van der Waals surface area contributed by atoms with Gasteiger partial charge in [0.2, 0.25) is 0 Å². The second-order valence-electron chi connectivity index (χ2n) is 3.94. The number of hydrogen-bond acceptors (Lipinski definition) is 2. The van der Waals surface area contributed by atoms with Crippen molar-refractivity contribution in [3.05, 3.63) is 36.3 Å². The molecule has 0 saturated carbocycles. The number of hydrogen-bond donors (Lipinski definition) is 2. The Morgan fingerprint density at radius 3 is 2.94 bits per heavy atom. The molecule has 0 atom stereocenters. The summed E-state index contributed by atoms with van der Waals surface area (Å²) in [7, 11) is 1.77. The van der Waals surface area contributed by atoms with Crippen LogP contribution in [0.5, 0.6) is 0 Å². The van der Waals surface area contributed by atoms with E-state index < -0.39 is 0 Å². The Morgan fingerprint density at radius 2 is 2.24 bits per heavy atom. The number of anilines is 1. The fraction of sp³-hybridized carbons (Fsp3) is 0.0833. The number of benzene rings is 1. The maximum absolute atomic E-state index is 13.5. The molecular formula is C12H11FN4. The van der Waals surface area contributed by atoms with E-state index in [1.807, 2.05) is 6.07 Å². The number of aryl methyl sites for hydroxylation is 1. The van der Waals surface area contributed by atoms with E-state index >= 15 is 0 Å². The summed E-state index contributed by atoms with van der Waals surface area (Å²) in [6.45, 7) is 0. The number of aromatic amines is 1. The molecule has 5 heteroatoms. The molecule has 1 aromatic carbocycles. The lowest BCUT2D eigenvalue weighted by Crippen LogP contribution is -1.96. The van der Waals surface area contributed by atoms with Gasteiger partial charge in [0.05, 0.1) is 11.2 Å². The molecule has 86 valence electrons. The van der Waals surface area contributed by atoms with Gasteiger partial charge in [0.1, 0.15) is 11.6 Å². The van der Waals surface area contributed by atoms with Gasteiger partial charge < -0.3 is 10.7 Å². The Morgan fingerprint density at radius 1 is 1.41 bits per heavy atom. The van der Waals surface area contributed by atoms with Gasteiger partial charge in [0, 0.05) is 30.3 Å². The van der Waals surface area contributed by atoms with Gasteiger partial charge in [0.25, 0.3) is 0 Å². The predicted molar refractivity (Wildman–Crippen MR) is 64.9 cm³/mol. The number of aromatic nitrogens is 3. The molecular weight excluding hydrogens is 219 g/mol. The van der Waals surface area contributed by atoms with Crippen LogP contribution >= 0.6 is 0 Å². The first kappa shape index (κ1) is 9.89. The lowest BCUT2D eigenvalue weighted by atomic mass is 10.1. The summed E-state index contributed by atoms with van der Waals surface area (Å²) in [5.74, 6) is 0.309. The van der Waals surface area contributed by atoms with Crippen LogP contribution in [0.25, 0.3) is 22.2 Å². The summed E-state index contributed by atoms with van der Waals surface area (Å²) in [4.78, 5) is 2.92. The van der Waals surface area contributed by atoms with Gasteiger partial charge >= 0.3 is 0 Å². The van der Waals surface area contributed by atoms with Crippen LogP contribution in [0.4, 0.5) is 10.2 Å². The van der Waals surface area contributed by atoms with E-state index in [1.165, 1.54) is 6.07 Å². The van der Waals surface area contributed by atoms with Crippen LogP contribution in [-0.2, 0) is 7.05 Å². The summed E-state index contributed by atoms with van der Waals surface area (Å²) in [6.07, 6.45) is 1.75. The molecule has 17 heavy (non-hydrogen) atoms. The van der Waals surface area contributed by atoms with Gasteiger partial charge in [-0.15, -0.1) is 0 Å². The monoisotopic (exact) mass is 230 g/mol. The number of rotatable bonds is 1. The summed E-state index contributed by atoms with van der Waals surface area (Å²) in [5.41, 5.74) is 7.82. The van der Waals surface area contributed by atoms with Crippen LogP contribution in [0.1, 0.15) is 0 Å². The number of para-hydroxylation sites is 1. The quantitative estimate of drug-likeness (QED) is 0.673. The Kier molecular flexibility index (Phi) is 1.95. The van der Waals surface area contributed by atoms with Crippen LogP contribution in [-0.4, -0.2) is 14.8 Å². The molecule has 0 aliphatic carbocycles. The highest BCUT2D eigenvalue weighted by molar-refractivity contribution is 5.95. The average Bonchev–Trinajstić information content (AvgIpc) is 2.85. The van der Waals surface area contributed by atoms with Crippen molar-refractivity contribution in [3.8, 4) is 11.3 Å². The van der Waals surface area contributed by atoms with Crippen molar-refractivity contribution >= 4 is 16.7 Å². The molecule has 0 bridgehead atoms. The van der Waals surface area contributed by atoms with E-state index in [0.717, 1.165) is 16.6 Å². The third kappa shape index (κ3) is 1.39. The molecule has 0 spiro atoms. The van der Waals surface area contributed by atoms with Crippen molar-refractivity contribution < 1.29 is 4.39 Å². The van der Waals surface area contributed by atoms with Gasteiger partial charge in [-0.1, -0.05) is 12.1 Å². The van der Waals surface area contributed by atoms with Crippen LogP contribution in [0.15, 0.2) is 30.5 Å². The smallest absolute Gasteiger partial charge is 0.147 e. The molecule has 3 rings (SSSR count). The predicted octanol–water partition coefficient (Wildman–Crippen LogP) is 2.29. The van der Waals surface area contributed by atoms with Gasteiger partial charge in [-0.25, -0.2) is 4.39 Å². The summed E-state index contributed by atoms with van der Waals surface area (Å²) in [6, 6.07) is 6.74. The van der Waals surface area contributed by atoms with E-state index in [9.17, 15) is 4.39 Å². The zero-order valence-electron chi connectivity index (χ0n) is 9.24. The van der Waals surface area contributed by atoms with Gasteiger partial charge in [0.15, 0.2) is 0 Å². The van der Waals surface area contributed by atoms with E-state index in [4.69, 9.17) is 5.73 Å². The fourth-order valence-electron chi connectivity index (χ4n) is 1.94. The molecule has 0 saturated heterocycles. The second kappa shape index (κ2) is 3.35. The maximum atomic E-state index is 13.5. The van der Waals surface area contributed by atoms with Crippen molar-refractivity contribution in [2.45, 2.75) is 0 Å². The highest BCUT2D eigenvalue weighted by Crippen LogP contribution is 2.29. The Bertz CT molecular complexity index is 676. The largest absolute Gasteiger partial charge is 0.384 e. The summed E-state index contributed by atoms with van der Waals surface area (Å²) < 4.78 is 15.1. The van der Waals surface area contributed by atoms with Gasteiger partial charge in [-0.05, 0) is 6.07 Å². The minimum Gasteiger partial charge on any atom is -0.384 e. The molecule has 3 N–H and O–H groups in total. The first-order chi connectivity index (χ1) is 8.16. The molecule has 3 aromatic rings. The molecule has 0 aliphatic heterocycles. The number of nitrogen functional groups attached to an aromatic ring is 1. The normalized spacial score (nSPS) is 11.2. The number of nitrogens with one attached hydrogen (secondary N) is 1. The number of nitrogens with zero attached hydrogens (tertiary/aromatic N) is 2. The van der Waals surface area contributed by atoms with Crippen molar-refractivity contribution in [3.63, 3.8) is 0 Å². The molecule has 0 aliphatic rings. The summed E-state index contributed by atoms with van der Waals surface area (Å²) in [5, 5.41) is 5.09. The van der Waals surface area contributed by atoms with E-state index in [1.54, 1.807) is 30.1 Å². The Labute approximate surface area is 96.9 Å². The van der Waals surface area contributed by atoms with Crippen molar-refractivity contribution in [2.75, 3.05) is 5.73 Å². The standard InChI is InChI=1S/C12H11FN4/c1-17-11(14)5-10(16-17)8-6-15-12-7(8)3-2-4-9(12)13/h2-6,15H,14H2,1H3. The zero-order chi connectivity index (χ0) is 12.0. The van der Waals surface area contributed by atoms with Crippen LogP contribution in [0.3, 0.4) is 0 Å². The minimum absolute atomic E-state index is 0.266. The maximum Gasteiger partial charge on any atom is 0.147 e.